The molecular weight excluding hydrogens is 368 g/mol. The van der Waals surface area contributed by atoms with E-state index >= 15 is 0 Å². The van der Waals surface area contributed by atoms with Crippen LogP contribution in [-0.4, -0.2) is 41.8 Å². The van der Waals surface area contributed by atoms with E-state index in [0.717, 1.165) is 5.56 Å². The van der Waals surface area contributed by atoms with Crippen LogP contribution in [-0.2, 0) is 29.0 Å². The van der Waals surface area contributed by atoms with E-state index in [1.807, 2.05) is 30.0 Å². The topological polar surface area (TPSA) is 76.5 Å². The van der Waals surface area contributed by atoms with Crippen molar-refractivity contribution < 1.29 is 9.53 Å². The fraction of sp³-hybridized carbons (Fsp3) is 0.421. The van der Waals surface area contributed by atoms with E-state index in [1.54, 1.807) is 6.07 Å². The van der Waals surface area contributed by atoms with Crippen molar-refractivity contribution in [3.8, 4) is 0 Å². The molecule has 8 heteroatoms. The third-order valence-corrected chi connectivity index (χ3v) is 4.80. The predicted octanol–water partition coefficient (Wildman–Crippen LogP) is 1.61. The highest BCUT2D eigenvalue weighted by Gasteiger charge is 2.19. The van der Waals surface area contributed by atoms with Crippen LogP contribution in [0.2, 0.25) is 5.02 Å². The minimum absolute atomic E-state index is 0.0903. The van der Waals surface area contributed by atoms with Crippen molar-refractivity contribution in [2.75, 3.05) is 31.2 Å². The van der Waals surface area contributed by atoms with Crippen molar-refractivity contribution >= 4 is 23.5 Å². The molecule has 0 aliphatic carbocycles. The van der Waals surface area contributed by atoms with Crippen LogP contribution >= 0.6 is 11.6 Å². The number of aryl methyl sites for hydroxylation is 1. The van der Waals surface area contributed by atoms with E-state index in [9.17, 15) is 9.59 Å². The van der Waals surface area contributed by atoms with Crippen LogP contribution in [0.1, 0.15) is 18.2 Å². The van der Waals surface area contributed by atoms with Gasteiger partial charge in [-0.3, -0.25) is 14.2 Å². The fourth-order valence-corrected chi connectivity index (χ4v) is 3.11. The summed E-state index contributed by atoms with van der Waals surface area (Å²) in [6.45, 7) is 4.59. The van der Waals surface area contributed by atoms with E-state index in [1.165, 1.54) is 10.6 Å². The molecule has 0 spiro atoms. The Kier molecular flexibility index (Phi) is 6.47. The zero-order valence-corrected chi connectivity index (χ0v) is 16.0. The monoisotopic (exact) mass is 390 g/mol. The van der Waals surface area contributed by atoms with Crippen molar-refractivity contribution in [1.82, 2.24) is 14.9 Å². The van der Waals surface area contributed by atoms with Gasteiger partial charge in [0, 0.05) is 36.4 Å². The molecule has 1 aliphatic rings. The Morgan fingerprint density at radius 1 is 1.30 bits per heavy atom. The highest BCUT2D eigenvalue weighted by Crippen LogP contribution is 2.15. The van der Waals surface area contributed by atoms with Gasteiger partial charge in [-0.25, -0.2) is 4.98 Å². The molecule has 0 radical (unpaired) electrons. The average molecular weight is 391 g/mol. The Morgan fingerprint density at radius 2 is 2.04 bits per heavy atom. The molecule has 0 unspecified atom stereocenters. The standard InChI is InChI=1S/C19H23ClN4O3/c1-2-15-11-18(26)24(19(22-15)23-7-9-27-10-8-23)13-17(25)21-12-14-5-3-4-6-16(14)20/h3-6,11H,2,7-10,12-13H2,1H3,(H,21,25). The number of benzene rings is 1. The van der Waals surface area contributed by atoms with Crippen molar-refractivity contribution in [2.45, 2.75) is 26.4 Å². The molecule has 1 N–H and O–H groups in total. The molecule has 1 amide bonds. The van der Waals surface area contributed by atoms with Gasteiger partial charge in [-0.05, 0) is 18.1 Å². The van der Waals surface area contributed by atoms with Crippen molar-refractivity contribution in [2.24, 2.45) is 0 Å². The van der Waals surface area contributed by atoms with Gasteiger partial charge in [-0.2, -0.15) is 0 Å². The number of carbonyl (C=O) groups excluding carboxylic acids is 1. The molecule has 1 aromatic carbocycles. The number of hydrogen-bond donors (Lipinski definition) is 1. The van der Waals surface area contributed by atoms with Gasteiger partial charge in [0.2, 0.25) is 11.9 Å². The molecule has 0 saturated carbocycles. The number of amides is 1. The number of halogens is 1. The summed E-state index contributed by atoms with van der Waals surface area (Å²) in [4.78, 5) is 31.6. The molecular formula is C19H23ClN4O3. The van der Waals surface area contributed by atoms with E-state index in [2.05, 4.69) is 10.3 Å². The Balaban J connectivity index is 1.77. The number of ether oxygens (including phenoxy) is 1. The summed E-state index contributed by atoms with van der Waals surface area (Å²) in [5.74, 6) is 0.258. The number of hydrogen-bond acceptors (Lipinski definition) is 5. The Hall–Kier alpha value is -2.38. The van der Waals surface area contributed by atoms with E-state index < -0.39 is 0 Å². The molecule has 7 nitrogen and oxygen atoms in total. The first-order chi connectivity index (χ1) is 13.1. The van der Waals surface area contributed by atoms with Crippen molar-refractivity contribution in [3.05, 3.63) is 57.0 Å². The Morgan fingerprint density at radius 3 is 2.74 bits per heavy atom. The Bertz CT molecular complexity index is 862. The van der Waals surface area contributed by atoms with Gasteiger partial charge in [0.15, 0.2) is 0 Å². The second-order valence-electron chi connectivity index (χ2n) is 6.29. The number of anilines is 1. The lowest BCUT2D eigenvalue weighted by molar-refractivity contribution is -0.121. The third-order valence-electron chi connectivity index (χ3n) is 4.43. The number of nitrogens with zero attached hydrogens (tertiary/aromatic N) is 3. The van der Waals surface area contributed by atoms with Gasteiger partial charge in [0.25, 0.3) is 5.56 Å². The van der Waals surface area contributed by atoms with Crippen LogP contribution in [0.3, 0.4) is 0 Å². The fourth-order valence-electron chi connectivity index (χ4n) is 2.91. The summed E-state index contributed by atoms with van der Waals surface area (Å²) in [6, 6.07) is 8.82. The summed E-state index contributed by atoms with van der Waals surface area (Å²) < 4.78 is 6.80. The highest BCUT2D eigenvalue weighted by molar-refractivity contribution is 6.31. The minimum atomic E-state index is -0.266. The minimum Gasteiger partial charge on any atom is -0.378 e. The molecule has 144 valence electrons. The van der Waals surface area contributed by atoms with Crippen molar-refractivity contribution in [1.29, 1.82) is 0 Å². The maximum atomic E-state index is 12.6. The first kappa shape index (κ1) is 19.4. The summed E-state index contributed by atoms with van der Waals surface area (Å²) in [5, 5.41) is 3.42. The van der Waals surface area contributed by atoms with Gasteiger partial charge in [-0.1, -0.05) is 36.7 Å². The van der Waals surface area contributed by atoms with Crippen LogP contribution in [0.5, 0.6) is 0 Å². The summed E-state index contributed by atoms with van der Waals surface area (Å²) in [6.07, 6.45) is 0.659. The average Bonchev–Trinajstić information content (AvgIpc) is 2.69. The molecule has 2 aromatic rings. The smallest absolute Gasteiger partial charge is 0.255 e. The van der Waals surface area contributed by atoms with Crippen LogP contribution in [0.4, 0.5) is 5.95 Å². The predicted molar refractivity (Wildman–Crippen MR) is 104 cm³/mol. The first-order valence-electron chi connectivity index (χ1n) is 9.02. The molecule has 0 atom stereocenters. The number of carbonyl (C=O) groups is 1. The normalized spacial score (nSPS) is 14.2. The molecule has 1 aliphatic heterocycles. The largest absolute Gasteiger partial charge is 0.378 e. The summed E-state index contributed by atoms with van der Waals surface area (Å²) >= 11 is 6.12. The van der Waals surface area contributed by atoms with E-state index in [-0.39, 0.29) is 18.0 Å². The lowest BCUT2D eigenvalue weighted by Crippen LogP contribution is -2.42. The second-order valence-corrected chi connectivity index (χ2v) is 6.70. The SMILES string of the molecule is CCc1cc(=O)n(CC(=O)NCc2ccccc2Cl)c(N2CCOCC2)n1. The molecule has 1 fully saturated rings. The number of rotatable bonds is 6. The molecule has 0 bridgehead atoms. The van der Waals surface area contributed by atoms with E-state index in [4.69, 9.17) is 16.3 Å². The number of aromatic nitrogens is 2. The number of morpholine rings is 1. The molecule has 1 aromatic heterocycles. The maximum absolute atomic E-state index is 12.6. The quantitative estimate of drug-likeness (QED) is 0.811. The van der Waals surface area contributed by atoms with E-state index in [0.29, 0.717) is 55.9 Å². The van der Waals surface area contributed by atoms with Gasteiger partial charge >= 0.3 is 0 Å². The zero-order valence-electron chi connectivity index (χ0n) is 15.3. The lowest BCUT2D eigenvalue weighted by Gasteiger charge is -2.29. The second kappa shape index (κ2) is 9.01. The van der Waals surface area contributed by atoms with Gasteiger partial charge in [0.1, 0.15) is 6.54 Å². The first-order valence-corrected chi connectivity index (χ1v) is 9.40. The molecule has 27 heavy (non-hydrogen) atoms. The van der Waals surface area contributed by atoms with Gasteiger partial charge in [0.05, 0.1) is 13.2 Å². The van der Waals surface area contributed by atoms with Gasteiger partial charge < -0.3 is 15.0 Å². The molecule has 2 heterocycles. The van der Waals surface area contributed by atoms with Crippen LogP contribution in [0.25, 0.3) is 0 Å². The summed E-state index contributed by atoms with van der Waals surface area (Å²) in [7, 11) is 0. The van der Waals surface area contributed by atoms with Crippen LogP contribution in [0, 0.1) is 0 Å². The lowest BCUT2D eigenvalue weighted by atomic mass is 10.2. The number of nitrogens with one attached hydrogen (secondary N) is 1. The van der Waals surface area contributed by atoms with Gasteiger partial charge in [-0.15, -0.1) is 0 Å². The molecule has 1 saturated heterocycles. The highest BCUT2D eigenvalue weighted by atomic mass is 35.5. The zero-order chi connectivity index (χ0) is 19.2. The van der Waals surface area contributed by atoms with Crippen LogP contribution in [0.15, 0.2) is 35.1 Å². The summed E-state index contributed by atoms with van der Waals surface area (Å²) in [5.41, 5.74) is 1.32. The van der Waals surface area contributed by atoms with Crippen LogP contribution < -0.4 is 15.8 Å². The third kappa shape index (κ3) is 4.87. The molecule has 3 rings (SSSR count). The Labute approximate surface area is 162 Å². The van der Waals surface area contributed by atoms with Crippen molar-refractivity contribution in [3.63, 3.8) is 0 Å². The maximum Gasteiger partial charge on any atom is 0.255 e.